The first-order chi connectivity index (χ1) is 11.0. The van der Waals surface area contributed by atoms with Crippen molar-refractivity contribution in [1.82, 2.24) is 0 Å². The van der Waals surface area contributed by atoms with Gasteiger partial charge in [-0.2, -0.15) is 0 Å². The lowest BCUT2D eigenvalue weighted by molar-refractivity contribution is -0.615. The fraction of sp³-hybridized carbons (Fsp3) is 0.600. The molecule has 7 nitrogen and oxygen atoms in total. The zero-order chi connectivity index (χ0) is 16.6. The number of nitrogens with zero attached hydrogens (tertiary/aromatic N) is 1. The van der Waals surface area contributed by atoms with Crippen LogP contribution in [-0.4, -0.2) is 48.8 Å². The van der Waals surface area contributed by atoms with E-state index in [1.165, 1.54) is 14.0 Å². The maximum atomic E-state index is 14.1. The number of methoxy groups -OCH3 is 1. The summed E-state index contributed by atoms with van der Waals surface area (Å²) in [4.78, 5) is 11.1. The molecule has 0 bridgehead atoms. The van der Waals surface area contributed by atoms with Crippen LogP contribution in [0.5, 0.6) is 0 Å². The highest BCUT2D eigenvalue weighted by molar-refractivity contribution is 5.17. The highest BCUT2D eigenvalue weighted by Crippen LogP contribution is 2.41. The number of benzene rings is 1. The van der Waals surface area contributed by atoms with Crippen LogP contribution in [0.4, 0.5) is 4.39 Å². The van der Waals surface area contributed by atoms with Gasteiger partial charge in [0.15, 0.2) is 18.5 Å². The van der Waals surface area contributed by atoms with Crippen LogP contribution in [0.1, 0.15) is 18.8 Å². The van der Waals surface area contributed by atoms with E-state index >= 15 is 0 Å². The topological polar surface area (TPSA) is 80.1 Å². The first kappa shape index (κ1) is 16.3. The van der Waals surface area contributed by atoms with Gasteiger partial charge in [-0.3, -0.25) is 10.1 Å². The number of ether oxygens (including phenoxy) is 4. The largest absolute Gasteiger partial charge is 0.368 e. The molecule has 1 unspecified atom stereocenters. The van der Waals surface area contributed by atoms with Crippen LogP contribution in [0.25, 0.3) is 0 Å². The summed E-state index contributed by atoms with van der Waals surface area (Å²) < 4.78 is 35.7. The SMILES string of the molecule is CO[C@H]1[C@@H](F)O[C@H]2COC(c3ccccc3)O[C@@H]2[C@]1(C)[N+](=O)[O-]. The predicted octanol–water partition coefficient (Wildman–Crippen LogP) is 1.85. The van der Waals surface area contributed by atoms with Crippen molar-refractivity contribution in [3.63, 3.8) is 0 Å². The summed E-state index contributed by atoms with van der Waals surface area (Å²) in [6, 6.07) is 9.06. The Morgan fingerprint density at radius 3 is 2.65 bits per heavy atom. The second-order valence-corrected chi connectivity index (χ2v) is 5.80. The lowest BCUT2D eigenvalue weighted by Gasteiger charge is -2.48. The number of rotatable bonds is 3. The van der Waals surface area contributed by atoms with Gasteiger partial charge in [0.2, 0.25) is 6.36 Å². The van der Waals surface area contributed by atoms with E-state index in [2.05, 4.69) is 0 Å². The van der Waals surface area contributed by atoms with Crippen molar-refractivity contribution in [1.29, 1.82) is 0 Å². The normalized spacial score (nSPS) is 40.4. The third-order valence-corrected chi connectivity index (χ3v) is 4.43. The summed E-state index contributed by atoms with van der Waals surface area (Å²) in [5, 5.41) is 11.7. The van der Waals surface area contributed by atoms with Gasteiger partial charge in [-0.15, -0.1) is 0 Å². The van der Waals surface area contributed by atoms with E-state index in [9.17, 15) is 14.5 Å². The van der Waals surface area contributed by atoms with E-state index in [0.29, 0.717) is 0 Å². The number of fused-ring (bicyclic) bond motifs is 1. The lowest BCUT2D eigenvalue weighted by Crippen LogP contribution is -2.70. The van der Waals surface area contributed by atoms with Crippen molar-refractivity contribution < 1.29 is 28.3 Å². The second-order valence-electron chi connectivity index (χ2n) is 5.80. The van der Waals surface area contributed by atoms with Crippen molar-refractivity contribution in [2.75, 3.05) is 13.7 Å². The summed E-state index contributed by atoms with van der Waals surface area (Å²) in [5.74, 6) is 0. The maximum absolute atomic E-state index is 14.1. The zero-order valence-electron chi connectivity index (χ0n) is 12.8. The fourth-order valence-electron chi connectivity index (χ4n) is 3.16. The van der Waals surface area contributed by atoms with E-state index in [0.717, 1.165) is 5.56 Å². The minimum atomic E-state index is -1.92. The van der Waals surface area contributed by atoms with E-state index in [1.807, 2.05) is 18.2 Å². The summed E-state index contributed by atoms with van der Waals surface area (Å²) in [6.07, 6.45) is -5.92. The minimum absolute atomic E-state index is 0.00448. The highest BCUT2D eigenvalue weighted by Gasteiger charge is 2.66. The molecule has 8 heteroatoms. The van der Waals surface area contributed by atoms with Crippen molar-refractivity contribution in [3.05, 3.63) is 46.0 Å². The van der Waals surface area contributed by atoms with E-state index < -0.39 is 41.4 Å². The molecule has 0 aliphatic carbocycles. The van der Waals surface area contributed by atoms with Gasteiger partial charge in [0, 0.05) is 24.5 Å². The van der Waals surface area contributed by atoms with Gasteiger partial charge >= 0.3 is 0 Å². The molecule has 0 N–H and O–H groups in total. The lowest BCUT2D eigenvalue weighted by atomic mass is 9.82. The zero-order valence-corrected chi connectivity index (χ0v) is 12.8. The molecule has 0 radical (unpaired) electrons. The van der Waals surface area contributed by atoms with Gasteiger partial charge in [0.25, 0.3) is 5.54 Å². The number of hydrogen-bond donors (Lipinski definition) is 0. The van der Waals surface area contributed by atoms with Crippen LogP contribution in [0.15, 0.2) is 30.3 Å². The molecule has 2 fully saturated rings. The predicted molar refractivity (Wildman–Crippen MR) is 76.0 cm³/mol. The van der Waals surface area contributed by atoms with Crippen LogP contribution >= 0.6 is 0 Å². The van der Waals surface area contributed by atoms with Crippen LogP contribution in [-0.2, 0) is 18.9 Å². The van der Waals surface area contributed by atoms with Gasteiger partial charge in [0.05, 0.1) is 6.61 Å². The molecular weight excluding hydrogens is 309 g/mol. The molecule has 0 saturated carbocycles. The molecule has 2 aliphatic heterocycles. The molecule has 6 atom stereocenters. The average molecular weight is 327 g/mol. The summed E-state index contributed by atoms with van der Waals surface area (Å²) in [5.41, 5.74) is -1.05. The first-order valence-corrected chi connectivity index (χ1v) is 7.27. The Bertz CT molecular complexity index is 572. The Kier molecular flexibility index (Phi) is 4.33. The third-order valence-electron chi connectivity index (χ3n) is 4.43. The van der Waals surface area contributed by atoms with E-state index in [4.69, 9.17) is 18.9 Å². The van der Waals surface area contributed by atoms with Crippen molar-refractivity contribution in [2.24, 2.45) is 0 Å². The molecule has 2 aliphatic rings. The summed E-state index contributed by atoms with van der Waals surface area (Å²) in [6.45, 7) is 1.33. The number of halogens is 1. The quantitative estimate of drug-likeness (QED) is 0.622. The summed E-state index contributed by atoms with van der Waals surface area (Å²) in [7, 11) is 1.22. The Morgan fingerprint density at radius 1 is 1.35 bits per heavy atom. The third kappa shape index (κ3) is 2.61. The number of alkyl halides is 1. The van der Waals surface area contributed by atoms with E-state index in [1.54, 1.807) is 12.1 Å². The van der Waals surface area contributed by atoms with Crippen molar-refractivity contribution >= 4 is 0 Å². The molecule has 23 heavy (non-hydrogen) atoms. The summed E-state index contributed by atoms with van der Waals surface area (Å²) >= 11 is 0. The van der Waals surface area contributed by atoms with Crippen LogP contribution in [0.2, 0.25) is 0 Å². The molecule has 0 aromatic heterocycles. The van der Waals surface area contributed by atoms with Crippen LogP contribution in [0, 0.1) is 10.1 Å². The van der Waals surface area contributed by atoms with Crippen molar-refractivity contribution in [3.8, 4) is 0 Å². The maximum Gasteiger partial charge on any atom is 0.278 e. The van der Waals surface area contributed by atoms with Crippen LogP contribution in [0.3, 0.4) is 0 Å². The molecule has 3 rings (SSSR count). The Morgan fingerprint density at radius 2 is 2.04 bits per heavy atom. The molecule has 2 saturated heterocycles. The van der Waals surface area contributed by atoms with Gasteiger partial charge in [-0.25, -0.2) is 4.39 Å². The fourth-order valence-corrected chi connectivity index (χ4v) is 3.16. The van der Waals surface area contributed by atoms with Gasteiger partial charge < -0.3 is 18.9 Å². The average Bonchev–Trinajstić information content (AvgIpc) is 2.55. The van der Waals surface area contributed by atoms with Crippen molar-refractivity contribution in [2.45, 2.75) is 43.4 Å². The number of nitro groups is 1. The Balaban J connectivity index is 1.92. The Hall–Kier alpha value is -1.61. The molecule has 0 spiro atoms. The number of hydrogen-bond acceptors (Lipinski definition) is 6. The molecule has 0 amide bonds. The smallest absolute Gasteiger partial charge is 0.278 e. The second kappa shape index (κ2) is 6.12. The molecular formula is C15H18FNO6. The molecule has 2 heterocycles. The van der Waals surface area contributed by atoms with Gasteiger partial charge in [-0.1, -0.05) is 30.3 Å². The Labute approximate surface area is 132 Å². The standard InChI is InChI=1S/C15H18FNO6/c1-15(17(18)19)11-10(22-13(16)12(15)20-2)8-21-14(23-11)9-6-4-3-5-7-9/h3-7,10-14H,8H2,1-2H3/t10-,11-,12-,13-,14?,15-/m0/s1. The molecule has 126 valence electrons. The van der Waals surface area contributed by atoms with Gasteiger partial charge in [0.1, 0.15) is 6.10 Å². The highest BCUT2D eigenvalue weighted by atomic mass is 19.1. The first-order valence-electron chi connectivity index (χ1n) is 7.27. The monoisotopic (exact) mass is 327 g/mol. The van der Waals surface area contributed by atoms with E-state index in [-0.39, 0.29) is 6.61 Å². The molecule has 1 aromatic rings. The van der Waals surface area contributed by atoms with Crippen LogP contribution < -0.4 is 0 Å². The molecule has 1 aromatic carbocycles. The minimum Gasteiger partial charge on any atom is -0.368 e. The van der Waals surface area contributed by atoms with Gasteiger partial charge in [-0.05, 0) is 0 Å².